The van der Waals surface area contributed by atoms with Crippen LogP contribution in [-0.4, -0.2) is 24.0 Å². The van der Waals surface area contributed by atoms with Crippen molar-refractivity contribution in [1.29, 1.82) is 0 Å². The maximum Gasteiger partial charge on any atom is 0.189 e. The number of carbonyl (C=O) groups excluding carboxylic acids is 1. The van der Waals surface area contributed by atoms with Gasteiger partial charge in [-0.05, 0) is 13.0 Å². The summed E-state index contributed by atoms with van der Waals surface area (Å²) >= 11 is 4.99. The molecule has 0 aliphatic rings. The summed E-state index contributed by atoms with van der Waals surface area (Å²) in [6.07, 6.45) is 0.805. The number of hydrogen-bond acceptors (Lipinski definition) is 4. The minimum Gasteiger partial charge on any atom is -0.373 e. The van der Waals surface area contributed by atoms with Crippen molar-refractivity contribution in [1.82, 2.24) is 4.98 Å². The molecule has 0 radical (unpaired) electrons. The fraction of sp³-hybridized carbons (Fsp3) is 0.286. The van der Waals surface area contributed by atoms with Crippen molar-refractivity contribution in [2.45, 2.75) is 13.3 Å². The highest BCUT2D eigenvalue weighted by molar-refractivity contribution is 9.10. The van der Waals surface area contributed by atoms with Gasteiger partial charge in [-0.15, -0.1) is 11.3 Å². The van der Waals surface area contributed by atoms with Crippen molar-refractivity contribution >= 4 is 33.0 Å². The second-order valence-electron chi connectivity index (χ2n) is 4.07. The minimum atomic E-state index is -0.00602. The molecule has 0 atom stereocenters. The summed E-state index contributed by atoms with van der Waals surface area (Å²) in [5, 5.41) is 0. The number of hydrogen-bond donors (Lipinski definition) is 0. The molecule has 0 saturated heterocycles. The molecular weight excluding hydrogens is 326 g/mol. The van der Waals surface area contributed by atoms with Gasteiger partial charge in [-0.2, -0.15) is 0 Å². The van der Waals surface area contributed by atoms with Crippen LogP contribution in [0.3, 0.4) is 0 Å². The number of thiazole rings is 1. The summed E-state index contributed by atoms with van der Waals surface area (Å²) in [4.78, 5) is 17.3. The van der Waals surface area contributed by atoms with Gasteiger partial charge in [0.1, 0.15) is 6.61 Å². The van der Waals surface area contributed by atoms with Crippen LogP contribution in [0.25, 0.3) is 0 Å². The highest BCUT2D eigenvalue weighted by atomic mass is 79.9. The third-order valence-corrected chi connectivity index (χ3v) is 4.41. The number of carbonyl (C=O) groups is 1. The van der Waals surface area contributed by atoms with E-state index in [2.05, 4.69) is 20.9 Å². The summed E-state index contributed by atoms with van der Waals surface area (Å²) in [6, 6.07) is 7.38. The Morgan fingerprint density at radius 1 is 1.42 bits per heavy atom. The first-order valence-electron chi connectivity index (χ1n) is 5.93. The number of ketones is 1. The Balaban J connectivity index is 1.79. The number of aryl methyl sites for hydroxylation is 1. The van der Waals surface area contributed by atoms with Crippen molar-refractivity contribution in [2.75, 3.05) is 13.2 Å². The van der Waals surface area contributed by atoms with Crippen LogP contribution in [0.4, 0.5) is 0 Å². The molecule has 0 fully saturated rings. The number of halogens is 1. The van der Waals surface area contributed by atoms with Crippen molar-refractivity contribution < 1.29 is 9.53 Å². The van der Waals surface area contributed by atoms with Crippen LogP contribution in [0.1, 0.15) is 20.9 Å². The predicted octanol–water partition coefficient (Wildman–Crippen LogP) is 3.66. The summed E-state index contributed by atoms with van der Waals surface area (Å²) in [6.45, 7) is 2.64. The largest absolute Gasteiger partial charge is 0.373 e. The molecule has 0 unspecified atom stereocenters. The quantitative estimate of drug-likeness (QED) is 0.595. The van der Waals surface area contributed by atoms with Crippen LogP contribution in [0.5, 0.6) is 0 Å². The van der Waals surface area contributed by atoms with E-state index in [4.69, 9.17) is 4.74 Å². The minimum absolute atomic E-state index is 0.00602. The summed E-state index contributed by atoms with van der Waals surface area (Å²) in [5.74, 6) is -0.00602. The van der Waals surface area contributed by atoms with Crippen LogP contribution in [-0.2, 0) is 11.2 Å². The number of ether oxygens (including phenoxy) is 1. The molecule has 0 bridgehead atoms. The van der Waals surface area contributed by atoms with Crippen molar-refractivity contribution in [3.63, 3.8) is 0 Å². The lowest BCUT2D eigenvalue weighted by Gasteiger charge is -2.05. The van der Waals surface area contributed by atoms with Gasteiger partial charge >= 0.3 is 0 Å². The van der Waals surface area contributed by atoms with Gasteiger partial charge < -0.3 is 4.74 Å². The highest BCUT2D eigenvalue weighted by Crippen LogP contribution is 2.16. The molecule has 100 valence electrons. The molecule has 2 aromatic rings. The normalized spacial score (nSPS) is 10.6. The average Bonchev–Trinajstić information content (AvgIpc) is 2.80. The van der Waals surface area contributed by atoms with E-state index in [0.717, 1.165) is 16.6 Å². The molecule has 0 aliphatic carbocycles. The molecule has 1 aromatic carbocycles. The van der Waals surface area contributed by atoms with E-state index in [1.54, 1.807) is 17.4 Å². The molecular formula is C14H14BrNO2S. The van der Waals surface area contributed by atoms with Gasteiger partial charge in [0.15, 0.2) is 5.78 Å². The van der Waals surface area contributed by atoms with E-state index in [1.807, 2.05) is 30.6 Å². The Morgan fingerprint density at radius 2 is 2.21 bits per heavy atom. The smallest absolute Gasteiger partial charge is 0.189 e. The molecule has 0 spiro atoms. The Kier molecular flexibility index (Phi) is 5.24. The zero-order chi connectivity index (χ0) is 13.7. The van der Waals surface area contributed by atoms with Gasteiger partial charge in [0.2, 0.25) is 0 Å². The zero-order valence-corrected chi connectivity index (χ0v) is 13.0. The van der Waals surface area contributed by atoms with E-state index in [9.17, 15) is 4.79 Å². The zero-order valence-electron chi connectivity index (χ0n) is 10.6. The standard InChI is InChI=1S/C14H14BrNO2S/c1-10-14(19-9-16-10)6-7-18-8-13(17)11-4-2-3-5-12(11)15/h2-5,9H,6-8H2,1H3. The van der Waals surface area contributed by atoms with Gasteiger partial charge in [0, 0.05) is 21.3 Å². The van der Waals surface area contributed by atoms with Gasteiger partial charge in [0.05, 0.1) is 17.8 Å². The molecule has 5 heteroatoms. The van der Waals surface area contributed by atoms with Gasteiger partial charge in [-0.3, -0.25) is 4.79 Å². The number of rotatable bonds is 6. The van der Waals surface area contributed by atoms with E-state index >= 15 is 0 Å². The van der Waals surface area contributed by atoms with Crippen LogP contribution < -0.4 is 0 Å². The Labute approximate surface area is 124 Å². The third kappa shape index (κ3) is 3.96. The van der Waals surface area contributed by atoms with Gasteiger partial charge in [-0.25, -0.2) is 4.98 Å². The summed E-state index contributed by atoms with van der Waals surface area (Å²) in [7, 11) is 0. The Bertz CT molecular complexity index is 568. The molecule has 0 N–H and O–H groups in total. The first-order valence-corrected chi connectivity index (χ1v) is 7.60. The summed E-state index contributed by atoms with van der Waals surface area (Å²) in [5.41, 5.74) is 3.54. The summed E-state index contributed by atoms with van der Waals surface area (Å²) < 4.78 is 6.25. The van der Waals surface area contributed by atoms with E-state index < -0.39 is 0 Å². The first-order chi connectivity index (χ1) is 9.18. The molecule has 1 heterocycles. The third-order valence-electron chi connectivity index (χ3n) is 2.73. The fourth-order valence-electron chi connectivity index (χ4n) is 1.66. The Morgan fingerprint density at radius 3 is 2.89 bits per heavy atom. The maximum atomic E-state index is 11.9. The molecule has 3 nitrogen and oxygen atoms in total. The topological polar surface area (TPSA) is 39.2 Å². The lowest BCUT2D eigenvalue weighted by molar-refractivity contribution is 0.0765. The van der Waals surface area contributed by atoms with Crippen molar-refractivity contribution in [3.05, 3.63) is 50.4 Å². The number of benzene rings is 1. The Hall–Kier alpha value is -1.04. The van der Waals surface area contributed by atoms with Crippen LogP contribution >= 0.6 is 27.3 Å². The fourth-order valence-corrected chi connectivity index (χ4v) is 2.93. The predicted molar refractivity (Wildman–Crippen MR) is 79.8 cm³/mol. The van der Waals surface area contributed by atoms with E-state index in [1.165, 1.54) is 4.88 Å². The molecule has 0 aliphatic heterocycles. The number of aromatic nitrogens is 1. The molecule has 0 amide bonds. The van der Waals surface area contributed by atoms with Crippen molar-refractivity contribution in [2.24, 2.45) is 0 Å². The molecule has 19 heavy (non-hydrogen) atoms. The van der Waals surface area contributed by atoms with E-state index in [0.29, 0.717) is 12.2 Å². The van der Waals surface area contributed by atoms with Crippen LogP contribution in [0.15, 0.2) is 34.2 Å². The highest BCUT2D eigenvalue weighted by Gasteiger charge is 2.09. The van der Waals surface area contributed by atoms with E-state index in [-0.39, 0.29) is 12.4 Å². The van der Waals surface area contributed by atoms with Gasteiger partial charge in [0.25, 0.3) is 0 Å². The van der Waals surface area contributed by atoms with Crippen LogP contribution in [0.2, 0.25) is 0 Å². The lowest BCUT2D eigenvalue weighted by atomic mass is 10.1. The van der Waals surface area contributed by atoms with Crippen LogP contribution in [0, 0.1) is 6.92 Å². The molecule has 2 rings (SSSR count). The van der Waals surface area contributed by atoms with Crippen molar-refractivity contribution in [3.8, 4) is 0 Å². The van der Waals surface area contributed by atoms with Gasteiger partial charge in [-0.1, -0.05) is 34.1 Å². The number of Topliss-reactive ketones (excluding diaryl/α,β-unsaturated/α-hetero) is 1. The second-order valence-corrected chi connectivity index (χ2v) is 5.86. The first kappa shape index (κ1) is 14.4. The molecule has 1 aromatic heterocycles. The monoisotopic (exact) mass is 339 g/mol. The SMILES string of the molecule is Cc1ncsc1CCOCC(=O)c1ccccc1Br. The number of nitrogens with zero attached hydrogens (tertiary/aromatic N) is 1. The molecule has 0 saturated carbocycles. The lowest BCUT2D eigenvalue weighted by Crippen LogP contribution is -2.11. The second kappa shape index (κ2) is 6.93. The average molecular weight is 340 g/mol. The maximum absolute atomic E-state index is 11.9.